The maximum atomic E-state index is 9.36. The third-order valence-corrected chi connectivity index (χ3v) is 6.38. The van der Waals surface area contributed by atoms with Gasteiger partial charge in [0.1, 0.15) is 12.7 Å². The first-order valence-electron chi connectivity index (χ1n) is 12.3. The van der Waals surface area contributed by atoms with Crippen LogP contribution >= 0.6 is 0 Å². The van der Waals surface area contributed by atoms with E-state index in [9.17, 15) is 5.11 Å². The number of aliphatic hydroxyl groups excluding tert-OH is 1. The molecule has 0 amide bonds. The van der Waals surface area contributed by atoms with Gasteiger partial charge in [-0.1, -0.05) is 89.7 Å². The van der Waals surface area contributed by atoms with Crippen LogP contribution in [0, 0.1) is 0 Å². The monoisotopic (exact) mass is 393 g/mol. The second-order valence-corrected chi connectivity index (χ2v) is 8.59. The van der Waals surface area contributed by atoms with Crippen molar-refractivity contribution < 1.29 is 9.59 Å². The molecular weight excluding hydrogens is 344 g/mol. The van der Waals surface area contributed by atoms with Crippen molar-refractivity contribution in [3.63, 3.8) is 0 Å². The molecule has 3 nitrogen and oxygen atoms in total. The van der Waals surface area contributed by atoms with Crippen molar-refractivity contribution in [1.29, 1.82) is 0 Å². The van der Waals surface area contributed by atoms with E-state index in [1.54, 1.807) is 0 Å². The largest absolute Gasteiger partial charge is 0.390 e. The van der Waals surface area contributed by atoms with E-state index in [0.717, 1.165) is 30.4 Å². The van der Waals surface area contributed by atoms with Gasteiger partial charge in [0.05, 0.1) is 19.4 Å². The van der Waals surface area contributed by atoms with E-state index in [1.807, 2.05) is 0 Å². The molecule has 0 aliphatic carbocycles. The summed E-state index contributed by atoms with van der Waals surface area (Å²) in [5.74, 6) is 0. The second-order valence-electron chi connectivity index (χ2n) is 8.59. The Kier molecular flexibility index (Phi) is 15.4. The molecule has 2 N–H and O–H groups in total. The number of likely N-dealkylation sites (N-methyl/N-ethyl adjacent to an activating group) is 1. The van der Waals surface area contributed by atoms with Crippen LogP contribution in [0.15, 0.2) is 24.6 Å². The summed E-state index contributed by atoms with van der Waals surface area (Å²) in [6.07, 6.45) is 30.0. The Morgan fingerprint density at radius 1 is 0.821 bits per heavy atom. The van der Waals surface area contributed by atoms with E-state index >= 15 is 0 Å². The molecule has 0 aromatic heterocycles. The average molecular weight is 394 g/mol. The molecule has 0 aromatic rings. The van der Waals surface area contributed by atoms with Crippen LogP contribution in [0.4, 0.5) is 0 Å². The molecule has 0 saturated carbocycles. The van der Waals surface area contributed by atoms with Crippen LogP contribution in [0.25, 0.3) is 0 Å². The minimum absolute atomic E-state index is 0.255. The highest BCUT2D eigenvalue weighted by Gasteiger charge is 2.35. The van der Waals surface area contributed by atoms with Crippen LogP contribution in [-0.4, -0.2) is 35.5 Å². The van der Waals surface area contributed by atoms with Crippen molar-refractivity contribution in [3.05, 3.63) is 24.6 Å². The Balaban J connectivity index is 1.91. The average Bonchev–Trinajstić information content (AvgIpc) is 3.11. The van der Waals surface area contributed by atoms with Gasteiger partial charge in [0, 0.05) is 6.42 Å². The highest BCUT2D eigenvalue weighted by atomic mass is 16.3. The van der Waals surface area contributed by atoms with E-state index in [1.165, 1.54) is 83.5 Å². The van der Waals surface area contributed by atoms with Crippen LogP contribution < -0.4 is 5.32 Å². The number of rotatable bonds is 19. The van der Waals surface area contributed by atoms with Crippen molar-refractivity contribution in [2.24, 2.45) is 0 Å². The molecule has 1 rings (SSSR count). The van der Waals surface area contributed by atoms with Gasteiger partial charge < -0.3 is 10.4 Å². The predicted molar refractivity (Wildman–Crippen MR) is 123 cm³/mol. The zero-order valence-electron chi connectivity index (χ0n) is 19.0. The van der Waals surface area contributed by atoms with Gasteiger partial charge in [-0.2, -0.15) is 0 Å². The topological polar surface area (TPSA) is 32.3 Å². The molecule has 0 spiro atoms. The van der Waals surface area contributed by atoms with Gasteiger partial charge in [0.15, 0.2) is 6.17 Å². The van der Waals surface area contributed by atoms with Crippen LogP contribution in [-0.2, 0) is 0 Å². The van der Waals surface area contributed by atoms with Crippen molar-refractivity contribution in [2.75, 3.05) is 19.7 Å². The molecule has 1 aliphatic rings. The Morgan fingerprint density at radius 3 is 1.96 bits per heavy atom. The van der Waals surface area contributed by atoms with E-state index in [-0.39, 0.29) is 6.61 Å². The van der Waals surface area contributed by atoms with Gasteiger partial charge in [0.25, 0.3) is 0 Å². The molecule has 1 aliphatic heterocycles. The summed E-state index contributed by atoms with van der Waals surface area (Å²) >= 11 is 0. The predicted octanol–water partition coefficient (Wildman–Crippen LogP) is 6.64. The molecule has 3 heteroatoms. The fraction of sp³-hybridized carbons (Fsp3) is 0.840. The number of quaternary nitrogens is 1. The molecule has 2 unspecified atom stereocenters. The Hall–Kier alpha value is -0.800. The lowest BCUT2D eigenvalue weighted by atomic mass is 10.0. The molecule has 0 radical (unpaired) electrons. The second kappa shape index (κ2) is 17.1. The van der Waals surface area contributed by atoms with Crippen molar-refractivity contribution >= 4 is 0 Å². The number of hydrogen-bond donors (Lipinski definition) is 2. The zero-order valence-corrected chi connectivity index (χ0v) is 19.0. The van der Waals surface area contributed by atoms with Gasteiger partial charge in [0.2, 0.25) is 0 Å². The molecule has 0 fully saturated rings. The van der Waals surface area contributed by atoms with Crippen LogP contribution in [0.3, 0.4) is 0 Å². The van der Waals surface area contributed by atoms with Gasteiger partial charge in [-0.25, -0.2) is 0 Å². The number of aliphatic hydroxyl groups is 1. The molecule has 28 heavy (non-hydrogen) atoms. The summed E-state index contributed by atoms with van der Waals surface area (Å²) in [5.41, 5.74) is 0. The highest BCUT2D eigenvalue weighted by molar-refractivity contribution is 4.88. The standard InChI is InChI=1S/C25H49N2O/c1-3-5-6-7-8-9-10-11-12-13-14-15-16-17-18-19-20-25-26-21-22-27(25,4-2)23-24-28/h17-18,21-22,25-26,28H,3-16,19-20,23-24H2,1-2H3/q+1/b18-17+. The molecule has 0 aromatic carbocycles. The maximum absolute atomic E-state index is 9.36. The fourth-order valence-electron chi connectivity index (χ4n) is 4.39. The van der Waals surface area contributed by atoms with Gasteiger partial charge >= 0.3 is 0 Å². The summed E-state index contributed by atoms with van der Waals surface area (Å²) in [4.78, 5) is 0. The summed E-state index contributed by atoms with van der Waals surface area (Å²) in [6, 6.07) is 0. The first kappa shape index (κ1) is 25.2. The van der Waals surface area contributed by atoms with Crippen LogP contribution in [0.5, 0.6) is 0 Å². The number of unbranched alkanes of at least 4 members (excludes halogenated alkanes) is 12. The zero-order chi connectivity index (χ0) is 20.3. The Bertz CT molecular complexity index is 407. The molecule has 1 heterocycles. The third kappa shape index (κ3) is 10.7. The smallest absolute Gasteiger partial charge is 0.166 e. The van der Waals surface area contributed by atoms with Crippen LogP contribution in [0.2, 0.25) is 0 Å². The van der Waals surface area contributed by atoms with Crippen molar-refractivity contribution in [1.82, 2.24) is 5.32 Å². The van der Waals surface area contributed by atoms with Crippen LogP contribution in [0.1, 0.15) is 110 Å². The van der Waals surface area contributed by atoms with Gasteiger partial charge in [-0.05, 0) is 26.2 Å². The minimum Gasteiger partial charge on any atom is -0.390 e. The fourth-order valence-corrected chi connectivity index (χ4v) is 4.39. The summed E-state index contributed by atoms with van der Waals surface area (Å²) in [5, 5.41) is 12.8. The molecular formula is C25H49N2O+. The lowest BCUT2D eigenvalue weighted by Crippen LogP contribution is -2.53. The lowest BCUT2D eigenvalue weighted by Gasteiger charge is -2.36. The molecule has 0 saturated heterocycles. The summed E-state index contributed by atoms with van der Waals surface area (Å²) in [7, 11) is 0. The van der Waals surface area contributed by atoms with E-state index < -0.39 is 0 Å². The van der Waals surface area contributed by atoms with E-state index in [0.29, 0.717) is 6.17 Å². The Labute approximate surface area is 175 Å². The maximum Gasteiger partial charge on any atom is 0.166 e. The number of nitrogens with zero attached hydrogens (tertiary/aromatic N) is 1. The number of nitrogens with one attached hydrogen (secondary N) is 1. The van der Waals surface area contributed by atoms with Gasteiger partial charge in [-0.15, -0.1) is 0 Å². The minimum atomic E-state index is 0.255. The molecule has 0 bridgehead atoms. The van der Waals surface area contributed by atoms with Crippen molar-refractivity contribution in [3.8, 4) is 0 Å². The summed E-state index contributed by atoms with van der Waals surface area (Å²) < 4.78 is 0.878. The number of hydrogen-bond acceptors (Lipinski definition) is 2. The molecule has 2 atom stereocenters. The number of allylic oxidation sites excluding steroid dienone is 2. The quantitative estimate of drug-likeness (QED) is 0.146. The van der Waals surface area contributed by atoms with E-state index in [2.05, 4.69) is 43.7 Å². The summed E-state index contributed by atoms with van der Waals surface area (Å²) in [6.45, 7) is 6.61. The van der Waals surface area contributed by atoms with E-state index in [4.69, 9.17) is 0 Å². The van der Waals surface area contributed by atoms with Gasteiger partial charge in [-0.3, -0.25) is 4.48 Å². The SMILES string of the molecule is CCCCCCCCCCCCCC/C=C/CCC1NC=C[N+]1(CC)CCO. The molecule has 164 valence electrons. The van der Waals surface area contributed by atoms with Crippen molar-refractivity contribution in [2.45, 2.75) is 116 Å². The normalized spacial score (nSPS) is 21.6. The third-order valence-electron chi connectivity index (χ3n) is 6.38. The first-order valence-corrected chi connectivity index (χ1v) is 12.3. The lowest BCUT2D eigenvalue weighted by molar-refractivity contribution is -0.899. The first-order chi connectivity index (χ1) is 13.8. The Morgan fingerprint density at radius 2 is 1.39 bits per heavy atom. The highest BCUT2D eigenvalue weighted by Crippen LogP contribution is 2.21.